The number of fused-ring (bicyclic) bond motifs is 1. The number of nitriles is 1. The second-order valence-corrected chi connectivity index (χ2v) is 4.89. The van der Waals surface area contributed by atoms with Gasteiger partial charge in [0.25, 0.3) is 0 Å². The average molecular weight is 283 g/mol. The summed E-state index contributed by atoms with van der Waals surface area (Å²) in [7, 11) is 0. The minimum atomic E-state index is -0.341. The molecule has 1 heterocycles. The van der Waals surface area contributed by atoms with Crippen LogP contribution in [-0.4, -0.2) is 9.55 Å². The first-order valence-corrected chi connectivity index (χ1v) is 6.43. The quantitative estimate of drug-likeness (QED) is 0.686. The van der Waals surface area contributed by atoms with E-state index in [1.165, 1.54) is 12.1 Å². The molecule has 1 aromatic heterocycles. The number of hydrogen-bond donors (Lipinski definition) is 1. The lowest BCUT2D eigenvalue weighted by molar-refractivity contribution is 0.629. The van der Waals surface area contributed by atoms with Crippen LogP contribution in [-0.2, 0) is 0 Å². The summed E-state index contributed by atoms with van der Waals surface area (Å²) in [5, 5.41) is 9.33. The van der Waals surface area contributed by atoms with E-state index in [0.29, 0.717) is 21.5 Å². The van der Waals surface area contributed by atoms with Gasteiger partial charge in [-0.25, -0.2) is 4.39 Å². The molecule has 0 saturated carbocycles. The second-order valence-electron chi connectivity index (χ2n) is 4.51. The van der Waals surface area contributed by atoms with Crippen molar-refractivity contribution in [3.8, 4) is 11.8 Å². The minimum absolute atomic E-state index is 0.341. The van der Waals surface area contributed by atoms with Gasteiger partial charge in [0, 0.05) is 6.07 Å². The van der Waals surface area contributed by atoms with Crippen LogP contribution in [0.4, 0.5) is 4.39 Å². The number of H-pyrrole nitrogens is 1. The SMILES string of the molecule is Cc1cccc(-n2c(=S)[nH]c3ccc(F)cc32)c1C#N. The van der Waals surface area contributed by atoms with Gasteiger partial charge < -0.3 is 4.98 Å². The molecule has 0 fully saturated rings. The molecule has 1 N–H and O–H groups in total. The van der Waals surface area contributed by atoms with Crippen molar-refractivity contribution in [1.29, 1.82) is 5.26 Å². The van der Waals surface area contributed by atoms with E-state index in [0.717, 1.165) is 11.1 Å². The largest absolute Gasteiger partial charge is 0.330 e. The standard InChI is InChI=1S/C15H10FN3S/c1-9-3-2-4-13(11(9)8-17)19-14-7-10(16)5-6-12(14)18-15(19)20/h2-7H,1H3,(H,18,20). The summed E-state index contributed by atoms with van der Waals surface area (Å²) in [5.74, 6) is -0.341. The number of benzene rings is 2. The third-order valence-corrected chi connectivity index (χ3v) is 3.53. The third kappa shape index (κ3) is 1.82. The van der Waals surface area contributed by atoms with Gasteiger partial charge in [-0.15, -0.1) is 0 Å². The van der Waals surface area contributed by atoms with Gasteiger partial charge in [0.05, 0.1) is 22.3 Å². The molecule has 0 aliphatic rings. The van der Waals surface area contributed by atoms with Gasteiger partial charge in [-0.3, -0.25) is 4.57 Å². The van der Waals surface area contributed by atoms with E-state index in [9.17, 15) is 9.65 Å². The molecule has 98 valence electrons. The molecule has 0 aliphatic carbocycles. The predicted octanol–water partition coefficient (Wildman–Crippen LogP) is 4.01. The fourth-order valence-corrected chi connectivity index (χ4v) is 2.61. The molecule has 0 saturated heterocycles. The lowest BCUT2D eigenvalue weighted by Gasteiger charge is -2.08. The topological polar surface area (TPSA) is 44.5 Å². The molecule has 0 bridgehead atoms. The highest BCUT2D eigenvalue weighted by Crippen LogP contribution is 2.24. The van der Waals surface area contributed by atoms with Crippen LogP contribution in [0.1, 0.15) is 11.1 Å². The van der Waals surface area contributed by atoms with Crippen molar-refractivity contribution in [2.75, 3.05) is 0 Å². The Bertz CT molecular complexity index is 915. The Kier molecular flexibility index (Phi) is 2.88. The third-order valence-electron chi connectivity index (χ3n) is 3.25. The number of nitrogens with zero attached hydrogens (tertiary/aromatic N) is 2. The van der Waals surface area contributed by atoms with Crippen LogP contribution in [0, 0.1) is 28.8 Å². The van der Waals surface area contributed by atoms with Crippen molar-refractivity contribution in [1.82, 2.24) is 9.55 Å². The average Bonchev–Trinajstić information content (AvgIpc) is 2.73. The number of rotatable bonds is 1. The van der Waals surface area contributed by atoms with Crippen LogP contribution in [0.2, 0.25) is 0 Å². The van der Waals surface area contributed by atoms with Crippen LogP contribution in [0.5, 0.6) is 0 Å². The fourth-order valence-electron chi connectivity index (χ4n) is 2.30. The van der Waals surface area contributed by atoms with Crippen LogP contribution in [0.3, 0.4) is 0 Å². The molecular formula is C15H10FN3S. The number of imidazole rings is 1. The summed E-state index contributed by atoms with van der Waals surface area (Å²) in [6, 6.07) is 12.1. The van der Waals surface area contributed by atoms with Crippen LogP contribution < -0.4 is 0 Å². The maximum absolute atomic E-state index is 13.5. The Hall–Kier alpha value is -2.45. The van der Waals surface area contributed by atoms with Crippen molar-refractivity contribution in [3.63, 3.8) is 0 Å². The van der Waals surface area contributed by atoms with E-state index in [4.69, 9.17) is 12.2 Å². The number of nitrogens with one attached hydrogen (secondary N) is 1. The van der Waals surface area contributed by atoms with Crippen LogP contribution in [0.25, 0.3) is 16.7 Å². The van der Waals surface area contributed by atoms with Gasteiger partial charge in [-0.05, 0) is 42.9 Å². The highest BCUT2D eigenvalue weighted by Gasteiger charge is 2.12. The first kappa shape index (κ1) is 12.6. The molecule has 0 amide bonds. The molecule has 2 aromatic carbocycles. The number of aromatic amines is 1. The van der Waals surface area contributed by atoms with E-state index < -0.39 is 0 Å². The molecule has 0 unspecified atom stereocenters. The Morgan fingerprint density at radius 2 is 2.10 bits per heavy atom. The molecule has 0 aliphatic heterocycles. The summed E-state index contributed by atoms with van der Waals surface area (Å²) in [6.07, 6.45) is 0. The second kappa shape index (κ2) is 4.58. The first-order valence-electron chi connectivity index (χ1n) is 6.02. The minimum Gasteiger partial charge on any atom is -0.330 e. The molecule has 3 rings (SSSR count). The van der Waals surface area contributed by atoms with Crippen molar-refractivity contribution in [3.05, 3.63) is 58.1 Å². The smallest absolute Gasteiger partial charge is 0.182 e. The Balaban J connectivity index is 2.45. The van der Waals surface area contributed by atoms with E-state index in [2.05, 4.69) is 11.1 Å². The maximum Gasteiger partial charge on any atom is 0.182 e. The summed E-state index contributed by atoms with van der Waals surface area (Å²) in [6.45, 7) is 1.86. The fraction of sp³-hybridized carbons (Fsp3) is 0.0667. The number of aromatic nitrogens is 2. The van der Waals surface area contributed by atoms with Gasteiger partial charge in [-0.1, -0.05) is 12.1 Å². The van der Waals surface area contributed by atoms with Gasteiger partial charge in [0.15, 0.2) is 4.77 Å². The molecule has 0 spiro atoms. The summed E-state index contributed by atoms with van der Waals surface area (Å²) < 4.78 is 15.6. The van der Waals surface area contributed by atoms with E-state index in [1.807, 2.05) is 19.1 Å². The molecule has 3 nitrogen and oxygen atoms in total. The van der Waals surface area contributed by atoms with Crippen molar-refractivity contribution < 1.29 is 4.39 Å². The van der Waals surface area contributed by atoms with E-state index in [-0.39, 0.29) is 5.82 Å². The lowest BCUT2D eigenvalue weighted by Crippen LogP contribution is -1.99. The van der Waals surface area contributed by atoms with Crippen molar-refractivity contribution >= 4 is 23.3 Å². The molecule has 5 heteroatoms. The summed E-state index contributed by atoms with van der Waals surface area (Å²) in [5.41, 5.74) is 3.42. The zero-order valence-corrected chi connectivity index (χ0v) is 11.5. The first-order chi connectivity index (χ1) is 9.61. The molecule has 0 radical (unpaired) electrons. The zero-order valence-electron chi connectivity index (χ0n) is 10.6. The Morgan fingerprint density at radius 3 is 2.85 bits per heavy atom. The normalized spacial score (nSPS) is 10.7. The lowest BCUT2D eigenvalue weighted by atomic mass is 10.1. The summed E-state index contributed by atoms with van der Waals surface area (Å²) in [4.78, 5) is 3.03. The number of aryl methyl sites for hydroxylation is 1. The predicted molar refractivity (Wildman–Crippen MR) is 77.9 cm³/mol. The van der Waals surface area contributed by atoms with Crippen molar-refractivity contribution in [2.45, 2.75) is 6.92 Å². The van der Waals surface area contributed by atoms with E-state index >= 15 is 0 Å². The number of halogens is 1. The van der Waals surface area contributed by atoms with Gasteiger partial charge in [0.1, 0.15) is 11.9 Å². The van der Waals surface area contributed by atoms with Crippen molar-refractivity contribution in [2.24, 2.45) is 0 Å². The molecular weight excluding hydrogens is 273 g/mol. The maximum atomic E-state index is 13.5. The molecule has 3 aromatic rings. The van der Waals surface area contributed by atoms with Crippen LogP contribution in [0.15, 0.2) is 36.4 Å². The Labute approximate surface area is 119 Å². The monoisotopic (exact) mass is 283 g/mol. The highest BCUT2D eigenvalue weighted by atomic mass is 32.1. The summed E-state index contributed by atoms with van der Waals surface area (Å²) >= 11 is 5.30. The van der Waals surface area contributed by atoms with Crippen LogP contribution >= 0.6 is 12.2 Å². The van der Waals surface area contributed by atoms with Gasteiger partial charge in [-0.2, -0.15) is 5.26 Å². The van der Waals surface area contributed by atoms with E-state index in [1.54, 1.807) is 16.7 Å². The Morgan fingerprint density at radius 1 is 1.30 bits per heavy atom. The van der Waals surface area contributed by atoms with Gasteiger partial charge >= 0.3 is 0 Å². The number of hydrogen-bond acceptors (Lipinski definition) is 2. The zero-order chi connectivity index (χ0) is 14.3. The molecule has 20 heavy (non-hydrogen) atoms. The highest BCUT2D eigenvalue weighted by molar-refractivity contribution is 7.71. The van der Waals surface area contributed by atoms with Gasteiger partial charge in [0.2, 0.25) is 0 Å². The molecule has 0 atom stereocenters.